The van der Waals surface area contributed by atoms with Gasteiger partial charge in [-0.2, -0.15) is 5.10 Å². The third-order valence-corrected chi connectivity index (χ3v) is 4.18. The van der Waals surface area contributed by atoms with Crippen molar-refractivity contribution in [2.24, 2.45) is 5.10 Å². The molecule has 0 bridgehead atoms. The normalized spacial score (nSPS) is 11.3. The molecule has 1 aromatic carbocycles. The second-order valence-electron chi connectivity index (χ2n) is 4.99. The molecule has 0 radical (unpaired) electrons. The summed E-state index contributed by atoms with van der Waals surface area (Å²) < 4.78 is 0. The van der Waals surface area contributed by atoms with Crippen LogP contribution < -0.4 is 10.3 Å². The molecule has 1 amide bonds. The van der Waals surface area contributed by atoms with Crippen LogP contribution in [0.3, 0.4) is 0 Å². The van der Waals surface area contributed by atoms with Crippen molar-refractivity contribution in [2.75, 3.05) is 19.0 Å². The van der Waals surface area contributed by atoms with Crippen molar-refractivity contribution >= 4 is 28.6 Å². The minimum atomic E-state index is -0.201. The highest BCUT2D eigenvalue weighted by molar-refractivity contribution is 7.14. The molecule has 21 heavy (non-hydrogen) atoms. The minimum Gasteiger partial charge on any atom is -0.378 e. The van der Waals surface area contributed by atoms with Gasteiger partial charge in [-0.25, -0.2) is 5.43 Å². The Morgan fingerprint density at radius 2 is 1.81 bits per heavy atom. The Morgan fingerprint density at radius 1 is 1.14 bits per heavy atom. The van der Waals surface area contributed by atoms with Crippen molar-refractivity contribution in [3.8, 4) is 0 Å². The van der Waals surface area contributed by atoms with Crippen LogP contribution in [0.4, 0.5) is 5.69 Å². The highest BCUT2D eigenvalue weighted by atomic mass is 32.1. The van der Waals surface area contributed by atoms with Gasteiger partial charge in [0.1, 0.15) is 0 Å². The lowest BCUT2D eigenvalue weighted by Gasteiger charge is -2.12. The molecular weight excluding hydrogens is 282 g/mol. The number of carbonyl (C=O) groups excluding carboxylic acids is 1. The molecule has 0 fully saturated rings. The Bertz CT molecular complexity index is 656. The first-order valence-corrected chi connectivity index (χ1v) is 7.48. The van der Waals surface area contributed by atoms with Crippen LogP contribution in [0.2, 0.25) is 0 Å². The maximum atomic E-state index is 12.0. The second kappa shape index (κ2) is 6.54. The predicted molar refractivity (Wildman–Crippen MR) is 89.5 cm³/mol. The molecule has 0 aliphatic heterocycles. The van der Waals surface area contributed by atoms with Gasteiger partial charge in [0.15, 0.2) is 0 Å². The molecule has 4 nitrogen and oxygen atoms in total. The number of nitrogens with one attached hydrogen (secondary N) is 1. The van der Waals surface area contributed by atoms with Crippen LogP contribution in [-0.4, -0.2) is 25.7 Å². The Morgan fingerprint density at radius 3 is 2.33 bits per heavy atom. The molecule has 1 aromatic heterocycles. The van der Waals surface area contributed by atoms with E-state index in [-0.39, 0.29) is 5.91 Å². The third-order valence-electron chi connectivity index (χ3n) is 3.07. The number of rotatable bonds is 4. The third kappa shape index (κ3) is 3.92. The van der Waals surface area contributed by atoms with Gasteiger partial charge in [-0.1, -0.05) is 0 Å². The quantitative estimate of drug-likeness (QED) is 0.696. The molecule has 2 aromatic rings. The number of carbonyl (C=O) groups is 1. The predicted octanol–water partition coefficient (Wildman–Crippen LogP) is 3.28. The molecular formula is C16H19N3OS. The van der Waals surface area contributed by atoms with Crippen LogP contribution in [0.1, 0.15) is 27.0 Å². The number of nitrogens with zero attached hydrogens (tertiary/aromatic N) is 2. The van der Waals surface area contributed by atoms with Crippen molar-refractivity contribution in [3.63, 3.8) is 0 Å². The van der Waals surface area contributed by atoms with Crippen LogP contribution in [0.5, 0.6) is 0 Å². The van der Waals surface area contributed by atoms with Crippen molar-refractivity contribution in [1.82, 2.24) is 5.43 Å². The van der Waals surface area contributed by atoms with E-state index in [1.807, 2.05) is 57.1 Å². The van der Waals surface area contributed by atoms with Crippen molar-refractivity contribution < 1.29 is 4.79 Å². The zero-order valence-corrected chi connectivity index (χ0v) is 13.5. The van der Waals surface area contributed by atoms with E-state index < -0.39 is 0 Å². The summed E-state index contributed by atoms with van der Waals surface area (Å²) in [7, 11) is 3.93. The van der Waals surface area contributed by atoms with Crippen molar-refractivity contribution in [2.45, 2.75) is 13.8 Å². The fraction of sp³-hybridized carbons (Fsp3) is 0.250. The lowest BCUT2D eigenvalue weighted by Crippen LogP contribution is -2.19. The fourth-order valence-corrected chi connectivity index (χ4v) is 2.61. The number of benzene rings is 1. The molecule has 0 aliphatic carbocycles. The smallest absolute Gasteiger partial charge is 0.271 e. The fourth-order valence-electron chi connectivity index (χ4n) is 1.79. The molecule has 1 heterocycles. The van der Waals surface area contributed by atoms with E-state index in [9.17, 15) is 4.79 Å². The first-order chi connectivity index (χ1) is 9.97. The van der Waals surface area contributed by atoms with E-state index in [0.29, 0.717) is 5.56 Å². The Balaban J connectivity index is 2.04. The number of thiophene rings is 1. The van der Waals surface area contributed by atoms with E-state index in [2.05, 4.69) is 10.5 Å². The Hall–Kier alpha value is -2.14. The molecule has 0 saturated carbocycles. The molecule has 0 aliphatic rings. The van der Waals surface area contributed by atoms with Gasteiger partial charge in [0.25, 0.3) is 5.91 Å². The molecule has 0 unspecified atom stereocenters. The Kier molecular flexibility index (Phi) is 4.75. The number of hydrazone groups is 1. The highest BCUT2D eigenvalue weighted by Crippen LogP contribution is 2.16. The van der Waals surface area contributed by atoms with Gasteiger partial charge in [0.05, 0.1) is 10.6 Å². The van der Waals surface area contributed by atoms with E-state index in [1.54, 1.807) is 23.5 Å². The standard InChI is InChI=1S/C16H19N3OS/c1-11-5-10-15(21-11)12(2)17-18-16(20)13-6-8-14(9-7-13)19(3)4/h5-10H,1-4H3,(H,18,20). The highest BCUT2D eigenvalue weighted by Gasteiger charge is 2.06. The summed E-state index contributed by atoms with van der Waals surface area (Å²) >= 11 is 1.66. The summed E-state index contributed by atoms with van der Waals surface area (Å²) in [5, 5.41) is 4.16. The average molecular weight is 301 g/mol. The van der Waals surface area contributed by atoms with Gasteiger partial charge < -0.3 is 4.90 Å². The molecule has 110 valence electrons. The van der Waals surface area contributed by atoms with Crippen LogP contribution >= 0.6 is 11.3 Å². The summed E-state index contributed by atoms with van der Waals surface area (Å²) in [6.45, 7) is 3.94. The van der Waals surface area contributed by atoms with Gasteiger partial charge in [-0.05, 0) is 50.2 Å². The summed E-state index contributed by atoms with van der Waals surface area (Å²) in [4.78, 5) is 16.3. The van der Waals surface area contributed by atoms with Gasteiger partial charge in [-0.15, -0.1) is 11.3 Å². The maximum absolute atomic E-state index is 12.0. The van der Waals surface area contributed by atoms with E-state index in [0.717, 1.165) is 16.3 Å². The van der Waals surface area contributed by atoms with Crippen LogP contribution in [-0.2, 0) is 0 Å². The number of aryl methyl sites for hydroxylation is 1. The van der Waals surface area contributed by atoms with Crippen molar-refractivity contribution in [3.05, 3.63) is 51.7 Å². The number of hydrogen-bond donors (Lipinski definition) is 1. The first kappa shape index (κ1) is 15.3. The molecule has 0 spiro atoms. The number of hydrogen-bond acceptors (Lipinski definition) is 4. The van der Waals surface area contributed by atoms with E-state index >= 15 is 0 Å². The van der Waals surface area contributed by atoms with E-state index in [1.165, 1.54) is 4.88 Å². The topological polar surface area (TPSA) is 44.7 Å². The SMILES string of the molecule is CC(=NNC(=O)c1ccc(N(C)C)cc1)c1ccc(C)s1. The Labute approximate surface area is 129 Å². The van der Waals surface area contributed by atoms with Gasteiger partial charge >= 0.3 is 0 Å². The molecule has 1 N–H and O–H groups in total. The first-order valence-electron chi connectivity index (χ1n) is 6.66. The van der Waals surface area contributed by atoms with Crippen LogP contribution in [0.25, 0.3) is 0 Å². The lowest BCUT2D eigenvalue weighted by atomic mass is 10.2. The summed E-state index contributed by atoms with van der Waals surface area (Å²) in [5.41, 5.74) is 5.06. The van der Waals surface area contributed by atoms with Gasteiger partial charge in [0, 0.05) is 30.2 Å². The number of amides is 1. The summed E-state index contributed by atoms with van der Waals surface area (Å²) in [6.07, 6.45) is 0. The summed E-state index contributed by atoms with van der Waals surface area (Å²) in [6, 6.07) is 11.5. The number of anilines is 1. The van der Waals surface area contributed by atoms with Gasteiger partial charge in [-0.3, -0.25) is 4.79 Å². The van der Waals surface area contributed by atoms with Crippen molar-refractivity contribution in [1.29, 1.82) is 0 Å². The molecule has 5 heteroatoms. The van der Waals surface area contributed by atoms with Crippen LogP contribution in [0.15, 0.2) is 41.5 Å². The lowest BCUT2D eigenvalue weighted by molar-refractivity contribution is 0.0955. The molecule has 0 atom stereocenters. The largest absolute Gasteiger partial charge is 0.378 e. The molecule has 2 rings (SSSR count). The molecule has 0 saturated heterocycles. The zero-order valence-electron chi connectivity index (χ0n) is 12.7. The van der Waals surface area contributed by atoms with Gasteiger partial charge in [0.2, 0.25) is 0 Å². The maximum Gasteiger partial charge on any atom is 0.271 e. The second-order valence-corrected chi connectivity index (χ2v) is 6.28. The zero-order chi connectivity index (χ0) is 15.4. The summed E-state index contributed by atoms with van der Waals surface area (Å²) in [5.74, 6) is -0.201. The monoisotopic (exact) mass is 301 g/mol. The van der Waals surface area contributed by atoms with E-state index in [4.69, 9.17) is 0 Å². The van der Waals surface area contributed by atoms with Crippen LogP contribution in [0, 0.1) is 6.92 Å². The average Bonchev–Trinajstić information content (AvgIpc) is 2.91. The minimum absolute atomic E-state index is 0.201.